The van der Waals surface area contributed by atoms with Crippen molar-refractivity contribution in [2.24, 2.45) is 0 Å². The van der Waals surface area contributed by atoms with Gasteiger partial charge in [0.2, 0.25) is 5.95 Å². The summed E-state index contributed by atoms with van der Waals surface area (Å²) in [6.07, 6.45) is 2.55. The van der Waals surface area contributed by atoms with E-state index < -0.39 is 5.69 Å². The molecule has 0 aliphatic rings. The highest BCUT2D eigenvalue weighted by molar-refractivity contribution is 5.65. The molecule has 0 amide bonds. The van der Waals surface area contributed by atoms with E-state index in [2.05, 4.69) is 22.4 Å². The Morgan fingerprint density at radius 3 is 2.93 bits per heavy atom. The van der Waals surface area contributed by atoms with Crippen LogP contribution in [0.4, 0.5) is 5.95 Å². The van der Waals surface area contributed by atoms with Crippen LogP contribution in [0.3, 0.4) is 0 Å². The van der Waals surface area contributed by atoms with Gasteiger partial charge >= 0.3 is 5.69 Å². The van der Waals surface area contributed by atoms with E-state index in [1.807, 2.05) is 0 Å². The van der Waals surface area contributed by atoms with Crippen LogP contribution in [0, 0.1) is 0 Å². The Morgan fingerprint density at radius 1 is 1.67 bits per heavy atom. The maximum absolute atomic E-state index is 11.6. The third-order valence-electron chi connectivity index (χ3n) is 1.60. The quantitative estimate of drug-likeness (QED) is 0.486. The van der Waals surface area contributed by atoms with Gasteiger partial charge in [0.05, 0.1) is 6.54 Å². The number of nitrogens with zero attached hydrogens (tertiary/aromatic N) is 3. The van der Waals surface area contributed by atoms with Crippen molar-refractivity contribution in [3.8, 4) is 0 Å². The van der Waals surface area contributed by atoms with Crippen LogP contribution < -0.4 is 16.4 Å². The third kappa shape index (κ3) is 2.15. The Hall–Kier alpha value is -2.27. The molecule has 7 heteroatoms. The molecular formula is C8H11N5O2. The molecule has 0 saturated carbocycles. The van der Waals surface area contributed by atoms with Crippen LogP contribution in [0.2, 0.25) is 0 Å². The summed E-state index contributed by atoms with van der Waals surface area (Å²) in [6, 6.07) is 0. The molecule has 1 aromatic heterocycles. The molecule has 0 spiro atoms. The van der Waals surface area contributed by atoms with Gasteiger partial charge in [-0.1, -0.05) is 6.08 Å². The van der Waals surface area contributed by atoms with E-state index in [-0.39, 0.29) is 5.95 Å². The third-order valence-corrected chi connectivity index (χ3v) is 1.60. The fourth-order valence-electron chi connectivity index (χ4n) is 0.972. The average Bonchev–Trinajstić information content (AvgIpc) is 2.54. The van der Waals surface area contributed by atoms with Crippen LogP contribution in [0.5, 0.6) is 0 Å². The van der Waals surface area contributed by atoms with Crippen molar-refractivity contribution in [3.63, 3.8) is 0 Å². The second kappa shape index (κ2) is 4.83. The predicted octanol–water partition coefficient (Wildman–Crippen LogP) is -0.882. The van der Waals surface area contributed by atoms with E-state index in [4.69, 9.17) is 0 Å². The van der Waals surface area contributed by atoms with Crippen molar-refractivity contribution in [1.82, 2.24) is 14.5 Å². The molecule has 2 N–H and O–H groups in total. The van der Waals surface area contributed by atoms with Gasteiger partial charge in [-0.3, -0.25) is 0 Å². The van der Waals surface area contributed by atoms with Crippen LogP contribution in [-0.2, 0) is 4.79 Å². The molecule has 0 bridgehead atoms. The van der Waals surface area contributed by atoms with Crippen molar-refractivity contribution in [1.29, 1.82) is 0 Å². The zero-order valence-corrected chi connectivity index (χ0v) is 8.23. The molecule has 0 aliphatic heterocycles. The Morgan fingerprint density at radius 2 is 2.40 bits per heavy atom. The molecule has 0 atom stereocenters. The summed E-state index contributed by atoms with van der Waals surface area (Å²) in [5.74, 6) is 1.77. The second-order valence-electron chi connectivity index (χ2n) is 2.54. The summed E-state index contributed by atoms with van der Waals surface area (Å²) < 4.78 is 1.04. The van der Waals surface area contributed by atoms with Crippen LogP contribution in [0.1, 0.15) is 0 Å². The van der Waals surface area contributed by atoms with Gasteiger partial charge in [0.1, 0.15) is 12.1 Å². The van der Waals surface area contributed by atoms with Crippen molar-refractivity contribution in [2.75, 3.05) is 24.3 Å². The highest BCUT2D eigenvalue weighted by Crippen LogP contribution is 1.96. The van der Waals surface area contributed by atoms with Crippen molar-refractivity contribution in [2.45, 2.75) is 0 Å². The molecule has 0 fully saturated rings. The van der Waals surface area contributed by atoms with Gasteiger partial charge in [-0.2, -0.15) is 0 Å². The van der Waals surface area contributed by atoms with Gasteiger partial charge in [0.15, 0.2) is 0 Å². The summed E-state index contributed by atoms with van der Waals surface area (Å²) in [6.45, 7) is 3.89. The van der Waals surface area contributed by atoms with E-state index in [9.17, 15) is 9.59 Å². The topological polar surface area (TPSA) is 81.0 Å². The van der Waals surface area contributed by atoms with Gasteiger partial charge in [-0.25, -0.2) is 14.2 Å². The number of hydrogen-bond acceptors (Lipinski definition) is 5. The lowest BCUT2D eigenvalue weighted by Gasteiger charge is -1.97. The van der Waals surface area contributed by atoms with Crippen molar-refractivity contribution in [3.05, 3.63) is 23.1 Å². The number of aromatic nitrogens is 3. The largest absolute Gasteiger partial charge is 0.371 e. The fourth-order valence-corrected chi connectivity index (χ4v) is 0.972. The zero-order valence-electron chi connectivity index (χ0n) is 8.23. The van der Waals surface area contributed by atoms with E-state index in [1.165, 1.54) is 5.94 Å². The van der Waals surface area contributed by atoms with Crippen molar-refractivity contribution < 1.29 is 4.79 Å². The minimum Gasteiger partial charge on any atom is -0.357 e. The summed E-state index contributed by atoms with van der Waals surface area (Å²) in [5, 5.41) is 6.54. The van der Waals surface area contributed by atoms with Crippen LogP contribution in [0.25, 0.3) is 6.20 Å². The minimum absolute atomic E-state index is 0.250. The molecule has 1 heterocycles. The number of anilines is 1. The van der Waals surface area contributed by atoms with Gasteiger partial charge in [-0.15, -0.1) is 16.5 Å². The molecule has 0 saturated heterocycles. The first kappa shape index (κ1) is 10.8. The Kier molecular flexibility index (Phi) is 3.48. The second-order valence-corrected chi connectivity index (χ2v) is 2.54. The highest BCUT2D eigenvalue weighted by Gasteiger charge is 2.09. The smallest absolute Gasteiger partial charge is 0.357 e. The number of carbonyl (C=O) groups excluding carboxylic acids is 1. The number of nitrogens with one attached hydrogen (secondary N) is 2. The lowest BCUT2D eigenvalue weighted by Crippen LogP contribution is -2.30. The molecule has 0 unspecified atom stereocenters. The first-order valence-corrected chi connectivity index (χ1v) is 4.19. The Balaban J connectivity index is 3.15. The standard InChI is InChI=1S/C8H11N5O2/c1-3-4-10-13-8(15)12(5-6-14)7(9-2)11-13/h3,5,10H,1,4H2,2H3,(H,9,11). The van der Waals surface area contributed by atoms with Gasteiger partial charge in [0.25, 0.3) is 0 Å². The highest BCUT2D eigenvalue weighted by atomic mass is 16.2. The lowest BCUT2D eigenvalue weighted by molar-refractivity contribution is 0.569. The molecule has 15 heavy (non-hydrogen) atoms. The van der Waals surface area contributed by atoms with E-state index >= 15 is 0 Å². The van der Waals surface area contributed by atoms with Gasteiger partial charge < -0.3 is 10.7 Å². The average molecular weight is 209 g/mol. The molecular weight excluding hydrogens is 198 g/mol. The normalized spacial score (nSPS) is 9.13. The SMILES string of the molecule is C=CCNn1nc(NC)n(C=C=O)c1=O. The maximum atomic E-state index is 11.6. The van der Waals surface area contributed by atoms with Crippen LogP contribution in [-0.4, -0.2) is 34.0 Å². The fraction of sp³-hybridized carbons (Fsp3) is 0.250. The zero-order chi connectivity index (χ0) is 11.3. The Labute approximate surface area is 85.7 Å². The monoisotopic (exact) mass is 209 g/mol. The van der Waals surface area contributed by atoms with E-state index in [1.54, 1.807) is 13.1 Å². The predicted molar refractivity (Wildman–Crippen MR) is 56.9 cm³/mol. The molecule has 0 aromatic carbocycles. The lowest BCUT2D eigenvalue weighted by atomic mass is 10.7. The molecule has 80 valence electrons. The van der Waals surface area contributed by atoms with E-state index in [0.717, 1.165) is 15.6 Å². The number of rotatable bonds is 5. The van der Waals surface area contributed by atoms with Crippen LogP contribution >= 0.6 is 0 Å². The summed E-state index contributed by atoms with van der Waals surface area (Å²) in [4.78, 5) is 22.8. The molecule has 0 aliphatic carbocycles. The molecule has 1 aromatic rings. The molecule has 0 radical (unpaired) electrons. The molecule has 1 rings (SSSR count). The van der Waals surface area contributed by atoms with Gasteiger partial charge in [0, 0.05) is 7.05 Å². The van der Waals surface area contributed by atoms with Crippen LogP contribution in [0.15, 0.2) is 17.4 Å². The summed E-state index contributed by atoms with van der Waals surface area (Å²) >= 11 is 0. The Bertz CT molecular complexity index is 452. The maximum Gasteiger partial charge on any atom is 0.371 e. The summed E-state index contributed by atoms with van der Waals surface area (Å²) in [7, 11) is 1.59. The minimum atomic E-state index is -0.482. The summed E-state index contributed by atoms with van der Waals surface area (Å²) in [5.41, 5.74) is 2.20. The van der Waals surface area contributed by atoms with Crippen molar-refractivity contribution >= 4 is 18.1 Å². The first-order valence-electron chi connectivity index (χ1n) is 4.19. The number of hydrogen-bond donors (Lipinski definition) is 2. The molecule has 7 nitrogen and oxygen atoms in total. The van der Waals surface area contributed by atoms with E-state index in [0.29, 0.717) is 6.54 Å². The first-order chi connectivity index (χ1) is 7.24. The van der Waals surface area contributed by atoms with Gasteiger partial charge in [-0.05, 0) is 0 Å².